The molecule has 0 bridgehead atoms. The number of sulfone groups is 1. The first-order chi connectivity index (χ1) is 14.4. The van der Waals surface area contributed by atoms with E-state index in [9.17, 15) is 8.42 Å². The molecular formula is C21H30IN3O5S. The van der Waals surface area contributed by atoms with Crippen LogP contribution >= 0.6 is 24.0 Å². The van der Waals surface area contributed by atoms with Crippen LogP contribution in [0.2, 0.25) is 0 Å². The molecule has 0 saturated carbocycles. The molecule has 172 valence electrons. The Kier molecular flexibility index (Phi) is 11.5. The van der Waals surface area contributed by atoms with Crippen molar-refractivity contribution in [2.45, 2.75) is 18.4 Å². The molecule has 2 aromatic carbocycles. The second-order valence-electron chi connectivity index (χ2n) is 6.29. The fourth-order valence-electron chi connectivity index (χ4n) is 2.79. The standard InChI is InChI=1S/C21H29N3O5S.HI/c1-5-22-21(23-11-12-30(25,26)17-9-7-6-8-10-17)24-15-16-13-18(27-2)20(29-4)19(14-16)28-3;/h6-10,13-14H,5,11-12,15H2,1-4H3,(H2,22,23,24);1H. The van der Waals surface area contributed by atoms with Crippen molar-refractivity contribution in [1.29, 1.82) is 0 Å². The van der Waals surface area contributed by atoms with E-state index >= 15 is 0 Å². The average molecular weight is 563 g/mol. The lowest BCUT2D eigenvalue weighted by molar-refractivity contribution is 0.324. The van der Waals surface area contributed by atoms with Gasteiger partial charge in [-0.3, -0.25) is 0 Å². The van der Waals surface area contributed by atoms with Crippen molar-refractivity contribution in [1.82, 2.24) is 10.6 Å². The third-order valence-corrected chi connectivity index (χ3v) is 5.99. The van der Waals surface area contributed by atoms with Gasteiger partial charge in [-0.25, -0.2) is 13.4 Å². The molecule has 0 aliphatic carbocycles. The largest absolute Gasteiger partial charge is 0.493 e. The highest BCUT2D eigenvalue weighted by atomic mass is 127. The highest BCUT2D eigenvalue weighted by Gasteiger charge is 2.15. The van der Waals surface area contributed by atoms with Gasteiger partial charge < -0.3 is 24.8 Å². The highest BCUT2D eigenvalue weighted by Crippen LogP contribution is 2.38. The van der Waals surface area contributed by atoms with E-state index in [0.717, 1.165) is 5.56 Å². The van der Waals surface area contributed by atoms with Crippen LogP contribution in [0.25, 0.3) is 0 Å². The predicted molar refractivity (Wildman–Crippen MR) is 133 cm³/mol. The maximum atomic E-state index is 12.4. The third kappa shape index (κ3) is 7.76. The van der Waals surface area contributed by atoms with Crippen LogP contribution in [0.3, 0.4) is 0 Å². The molecule has 0 saturated heterocycles. The second-order valence-corrected chi connectivity index (χ2v) is 8.40. The van der Waals surface area contributed by atoms with Crippen molar-refractivity contribution in [2.75, 3.05) is 40.2 Å². The van der Waals surface area contributed by atoms with E-state index < -0.39 is 9.84 Å². The fraction of sp³-hybridized carbons (Fsp3) is 0.381. The Morgan fingerprint density at radius 1 is 0.968 bits per heavy atom. The van der Waals surface area contributed by atoms with Crippen molar-refractivity contribution < 1.29 is 22.6 Å². The molecule has 2 rings (SSSR count). The number of aliphatic imine (C=N–C) groups is 1. The Hall–Kier alpha value is -2.21. The summed E-state index contributed by atoms with van der Waals surface area (Å²) < 4.78 is 40.9. The highest BCUT2D eigenvalue weighted by molar-refractivity contribution is 14.0. The molecular weight excluding hydrogens is 533 g/mol. The number of halogens is 1. The number of ether oxygens (including phenoxy) is 3. The van der Waals surface area contributed by atoms with Gasteiger partial charge in [0.15, 0.2) is 27.3 Å². The summed E-state index contributed by atoms with van der Waals surface area (Å²) in [5.41, 5.74) is 0.860. The third-order valence-electron chi connectivity index (χ3n) is 4.25. The van der Waals surface area contributed by atoms with Gasteiger partial charge in [0.25, 0.3) is 0 Å². The number of rotatable bonds is 10. The molecule has 2 aromatic rings. The second kappa shape index (κ2) is 13.3. The first-order valence-corrected chi connectivity index (χ1v) is 11.2. The number of guanidine groups is 1. The lowest BCUT2D eigenvalue weighted by Crippen LogP contribution is -2.39. The Labute approximate surface area is 201 Å². The fourth-order valence-corrected chi connectivity index (χ4v) is 3.97. The summed E-state index contributed by atoms with van der Waals surface area (Å²) in [6.07, 6.45) is 0. The van der Waals surface area contributed by atoms with Gasteiger partial charge in [0, 0.05) is 13.1 Å². The molecule has 0 radical (unpaired) electrons. The summed E-state index contributed by atoms with van der Waals surface area (Å²) in [5.74, 6) is 2.10. The maximum absolute atomic E-state index is 12.4. The molecule has 8 nitrogen and oxygen atoms in total. The summed E-state index contributed by atoms with van der Waals surface area (Å²) in [5, 5.41) is 6.18. The quantitative estimate of drug-likeness (QED) is 0.261. The molecule has 0 atom stereocenters. The van der Waals surface area contributed by atoms with E-state index in [1.54, 1.807) is 51.7 Å². The number of nitrogens with zero attached hydrogens (tertiary/aromatic N) is 1. The molecule has 0 amide bonds. The first kappa shape index (κ1) is 26.8. The van der Waals surface area contributed by atoms with Gasteiger partial charge in [0.2, 0.25) is 5.75 Å². The number of benzene rings is 2. The van der Waals surface area contributed by atoms with E-state index in [1.807, 2.05) is 19.1 Å². The van der Waals surface area contributed by atoms with Crippen LogP contribution in [0.15, 0.2) is 52.4 Å². The number of hydrogen-bond acceptors (Lipinski definition) is 6. The minimum absolute atomic E-state index is 0. The van der Waals surface area contributed by atoms with E-state index in [0.29, 0.717) is 41.2 Å². The van der Waals surface area contributed by atoms with Gasteiger partial charge in [-0.2, -0.15) is 0 Å². The predicted octanol–water partition coefficient (Wildman–Crippen LogP) is 2.86. The smallest absolute Gasteiger partial charge is 0.203 e. The van der Waals surface area contributed by atoms with Crippen molar-refractivity contribution in [3.8, 4) is 17.2 Å². The minimum Gasteiger partial charge on any atom is -0.493 e. The van der Waals surface area contributed by atoms with E-state index in [1.165, 1.54) is 0 Å². The number of methoxy groups -OCH3 is 3. The normalized spacial score (nSPS) is 11.3. The Bertz CT molecular complexity index is 928. The molecule has 0 unspecified atom stereocenters. The van der Waals surface area contributed by atoms with Gasteiger partial charge in [0.1, 0.15) is 0 Å². The van der Waals surface area contributed by atoms with Crippen molar-refractivity contribution >= 4 is 39.8 Å². The summed E-state index contributed by atoms with van der Waals surface area (Å²) in [6, 6.07) is 12.1. The molecule has 10 heteroatoms. The molecule has 0 spiro atoms. The molecule has 0 heterocycles. The summed E-state index contributed by atoms with van der Waals surface area (Å²) in [7, 11) is 1.31. The van der Waals surface area contributed by atoms with E-state index in [4.69, 9.17) is 14.2 Å². The number of hydrogen-bond donors (Lipinski definition) is 2. The zero-order chi connectivity index (χ0) is 22.0. The molecule has 0 fully saturated rings. The molecule has 0 aliphatic heterocycles. The molecule has 2 N–H and O–H groups in total. The summed E-state index contributed by atoms with van der Waals surface area (Å²) in [6.45, 7) is 3.17. The average Bonchev–Trinajstić information content (AvgIpc) is 2.77. The van der Waals surface area contributed by atoms with Gasteiger partial charge >= 0.3 is 0 Å². The van der Waals surface area contributed by atoms with Crippen LogP contribution in [-0.4, -0.2) is 54.5 Å². The molecule has 31 heavy (non-hydrogen) atoms. The van der Waals surface area contributed by atoms with E-state index in [-0.39, 0.29) is 36.3 Å². The van der Waals surface area contributed by atoms with Crippen LogP contribution in [0.5, 0.6) is 17.2 Å². The Morgan fingerprint density at radius 3 is 2.10 bits per heavy atom. The zero-order valence-corrected chi connectivity index (χ0v) is 21.3. The maximum Gasteiger partial charge on any atom is 0.203 e. The van der Waals surface area contributed by atoms with Crippen molar-refractivity contribution in [3.63, 3.8) is 0 Å². The van der Waals surface area contributed by atoms with Gasteiger partial charge in [-0.15, -0.1) is 24.0 Å². The van der Waals surface area contributed by atoms with Crippen LogP contribution in [0, 0.1) is 0 Å². The lowest BCUT2D eigenvalue weighted by atomic mass is 10.2. The molecule has 0 aromatic heterocycles. The monoisotopic (exact) mass is 563 g/mol. The van der Waals surface area contributed by atoms with E-state index in [2.05, 4.69) is 15.6 Å². The van der Waals surface area contributed by atoms with Gasteiger partial charge in [0.05, 0.1) is 38.5 Å². The van der Waals surface area contributed by atoms with Crippen LogP contribution in [0.1, 0.15) is 12.5 Å². The topological polar surface area (TPSA) is 98.2 Å². The van der Waals surface area contributed by atoms with Crippen LogP contribution < -0.4 is 24.8 Å². The minimum atomic E-state index is -3.36. The first-order valence-electron chi connectivity index (χ1n) is 9.54. The van der Waals surface area contributed by atoms with Gasteiger partial charge in [-0.05, 0) is 36.8 Å². The lowest BCUT2D eigenvalue weighted by Gasteiger charge is -2.14. The number of nitrogens with one attached hydrogen (secondary N) is 2. The zero-order valence-electron chi connectivity index (χ0n) is 18.2. The van der Waals surface area contributed by atoms with Crippen LogP contribution in [-0.2, 0) is 16.4 Å². The van der Waals surface area contributed by atoms with Crippen molar-refractivity contribution in [3.05, 3.63) is 48.0 Å². The summed E-state index contributed by atoms with van der Waals surface area (Å²) in [4.78, 5) is 4.84. The Morgan fingerprint density at radius 2 is 1.58 bits per heavy atom. The summed E-state index contributed by atoms with van der Waals surface area (Å²) >= 11 is 0. The van der Waals surface area contributed by atoms with Crippen molar-refractivity contribution in [2.24, 2.45) is 4.99 Å². The SMILES string of the molecule is CCNC(=NCc1cc(OC)c(OC)c(OC)c1)NCCS(=O)(=O)c1ccccc1.I. The van der Waals surface area contributed by atoms with Crippen LogP contribution in [0.4, 0.5) is 0 Å². The van der Waals surface area contributed by atoms with Gasteiger partial charge in [-0.1, -0.05) is 18.2 Å². The Balaban J connectivity index is 0.00000480. The molecule has 0 aliphatic rings.